The molecule has 0 saturated carbocycles. The molecule has 0 aliphatic rings. The van der Waals surface area contributed by atoms with E-state index in [4.69, 9.17) is 10.2 Å². The summed E-state index contributed by atoms with van der Waals surface area (Å²) < 4.78 is 0. The molecule has 0 aliphatic heterocycles. The summed E-state index contributed by atoms with van der Waals surface area (Å²) in [6, 6.07) is 8.06. The molecular weight excluding hydrogens is 270 g/mol. The normalized spacial score (nSPS) is 9.95. The summed E-state index contributed by atoms with van der Waals surface area (Å²) in [4.78, 5) is 23.2. The minimum Gasteiger partial charge on any atom is -0.481 e. The van der Waals surface area contributed by atoms with E-state index in [9.17, 15) is 9.59 Å². The lowest BCUT2D eigenvalue weighted by molar-refractivity contribution is -0.138. The molecule has 2 rings (SSSR count). The number of para-hydroxylation sites is 1. The van der Waals surface area contributed by atoms with Gasteiger partial charge in [-0.05, 0) is 30.9 Å². The molecule has 0 bridgehead atoms. The molecule has 0 spiro atoms. The highest BCUT2D eigenvalue weighted by molar-refractivity contribution is 5.83. The molecule has 21 heavy (non-hydrogen) atoms. The lowest BCUT2D eigenvalue weighted by Gasteiger charge is -1.96. The first-order valence-electron chi connectivity index (χ1n) is 7.03. The fourth-order valence-corrected chi connectivity index (χ4v) is 1.98. The SMILES string of the molecule is CCCC(=O)O.O=C(O)CCCc1c[nH]c2ccccc12. The van der Waals surface area contributed by atoms with Gasteiger partial charge in [0, 0.05) is 29.9 Å². The summed E-state index contributed by atoms with van der Waals surface area (Å²) in [7, 11) is 0. The number of H-pyrrole nitrogens is 1. The number of carboxylic acids is 2. The van der Waals surface area contributed by atoms with Crippen LogP contribution in [-0.4, -0.2) is 27.1 Å². The van der Waals surface area contributed by atoms with Crippen molar-refractivity contribution in [2.24, 2.45) is 0 Å². The van der Waals surface area contributed by atoms with Gasteiger partial charge in [0.2, 0.25) is 0 Å². The number of carboxylic acid groups (broad SMARTS) is 2. The number of hydrogen-bond acceptors (Lipinski definition) is 2. The van der Waals surface area contributed by atoms with E-state index >= 15 is 0 Å². The van der Waals surface area contributed by atoms with Crippen LogP contribution in [0.3, 0.4) is 0 Å². The zero-order valence-electron chi connectivity index (χ0n) is 12.1. The first kappa shape index (κ1) is 16.8. The van der Waals surface area contributed by atoms with Crippen LogP contribution in [0.1, 0.15) is 38.2 Å². The number of aryl methyl sites for hydroxylation is 1. The Morgan fingerprint density at radius 2 is 1.76 bits per heavy atom. The molecule has 0 amide bonds. The van der Waals surface area contributed by atoms with Gasteiger partial charge in [0.05, 0.1) is 0 Å². The first-order valence-corrected chi connectivity index (χ1v) is 7.03. The van der Waals surface area contributed by atoms with E-state index in [2.05, 4.69) is 11.1 Å². The number of rotatable bonds is 6. The van der Waals surface area contributed by atoms with Gasteiger partial charge >= 0.3 is 11.9 Å². The summed E-state index contributed by atoms with van der Waals surface area (Å²) >= 11 is 0. The molecule has 114 valence electrons. The quantitative estimate of drug-likeness (QED) is 0.760. The number of nitrogens with one attached hydrogen (secondary N) is 1. The molecule has 1 heterocycles. The van der Waals surface area contributed by atoms with Gasteiger partial charge in [0.1, 0.15) is 0 Å². The molecule has 0 radical (unpaired) electrons. The fourth-order valence-electron chi connectivity index (χ4n) is 1.98. The molecule has 1 aromatic heterocycles. The van der Waals surface area contributed by atoms with Crippen molar-refractivity contribution in [1.82, 2.24) is 4.98 Å². The van der Waals surface area contributed by atoms with Gasteiger partial charge in [0.25, 0.3) is 0 Å². The zero-order chi connectivity index (χ0) is 15.7. The lowest BCUT2D eigenvalue weighted by Crippen LogP contribution is -1.95. The van der Waals surface area contributed by atoms with Crippen LogP contribution in [0.4, 0.5) is 0 Å². The highest BCUT2D eigenvalue weighted by atomic mass is 16.4. The number of carbonyl (C=O) groups is 2. The third-order valence-electron chi connectivity index (χ3n) is 2.98. The zero-order valence-corrected chi connectivity index (χ0v) is 12.1. The van der Waals surface area contributed by atoms with Crippen molar-refractivity contribution in [1.29, 1.82) is 0 Å². The number of aromatic amines is 1. The Balaban J connectivity index is 0.000000315. The van der Waals surface area contributed by atoms with E-state index in [-0.39, 0.29) is 6.42 Å². The molecule has 3 N–H and O–H groups in total. The van der Waals surface area contributed by atoms with Crippen LogP contribution in [0.15, 0.2) is 30.5 Å². The maximum Gasteiger partial charge on any atom is 0.303 e. The Hall–Kier alpha value is -2.30. The second-order valence-electron chi connectivity index (χ2n) is 4.75. The molecule has 0 atom stereocenters. The Morgan fingerprint density at radius 3 is 2.33 bits per heavy atom. The number of aliphatic carboxylic acids is 2. The Morgan fingerprint density at radius 1 is 1.10 bits per heavy atom. The van der Waals surface area contributed by atoms with Crippen LogP contribution in [0.5, 0.6) is 0 Å². The van der Waals surface area contributed by atoms with Gasteiger partial charge in [-0.1, -0.05) is 25.1 Å². The highest BCUT2D eigenvalue weighted by Gasteiger charge is 2.03. The Kier molecular flexibility index (Phi) is 7.01. The molecule has 0 aliphatic carbocycles. The van der Waals surface area contributed by atoms with Gasteiger partial charge in [-0.25, -0.2) is 0 Å². The van der Waals surface area contributed by atoms with Crippen molar-refractivity contribution < 1.29 is 19.8 Å². The molecule has 1 aromatic carbocycles. The maximum atomic E-state index is 10.4. The topological polar surface area (TPSA) is 90.4 Å². The molecule has 2 aromatic rings. The standard InChI is InChI=1S/C12H13NO2.C4H8O2/c14-12(15)7-3-4-9-8-13-11-6-2-1-5-10(9)11;1-2-3-4(5)6/h1-2,5-6,8,13H,3-4,7H2,(H,14,15);2-3H2,1H3,(H,5,6). The molecule has 0 fully saturated rings. The van der Waals surface area contributed by atoms with Gasteiger partial charge in [-0.3, -0.25) is 9.59 Å². The second-order valence-corrected chi connectivity index (χ2v) is 4.75. The summed E-state index contributed by atoms with van der Waals surface area (Å²) in [6.45, 7) is 1.84. The number of aromatic nitrogens is 1. The monoisotopic (exact) mass is 291 g/mol. The molecule has 5 nitrogen and oxygen atoms in total. The van der Waals surface area contributed by atoms with Crippen molar-refractivity contribution >= 4 is 22.8 Å². The third-order valence-corrected chi connectivity index (χ3v) is 2.98. The van der Waals surface area contributed by atoms with E-state index in [0.29, 0.717) is 12.8 Å². The van der Waals surface area contributed by atoms with E-state index in [0.717, 1.165) is 18.4 Å². The van der Waals surface area contributed by atoms with Crippen molar-refractivity contribution in [2.75, 3.05) is 0 Å². The predicted molar refractivity (Wildman–Crippen MR) is 81.4 cm³/mol. The molecule has 5 heteroatoms. The van der Waals surface area contributed by atoms with Crippen molar-refractivity contribution in [3.8, 4) is 0 Å². The summed E-state index contributed by atoms with van der Waals surface area (Å²) in [5.41, 5.74) is 2.31. The number of hydrogen-bond donors (Lipinski definition) is 3. The number of fused-ring (bicyclic) bond motifs is 1. The van der Waals surface area contributed by atoms with Gasteiger partial charge in [-0.15, -0.1) is 0 Å². The predicted octanol–water partition coefficient (Wildman–Crippen LogP) is 3.45. The maximum absolute atomic E-state index is 10.4. The van der Waals surface area contributed by atoms with Crippen LogP contribution >= 0.6 is 0 Å². The van der Waals surface area contributed by atoms with Crippen molar-refractivity contribution in [3.05, 3.63) is 36.0 Å². The highest BCUT2D eigenvalue weighted by Crippen LogP contribution is 2.19. The van der Waals surface area contributed by atoms with Crippen LogP contribution in [0.2, 0.25) is 0 Å². The minimum absolute atomic E-state index is 0.236. The van der Waals surface area contributed by atoms with Crippen LogP contribution in [-0.2, 0) is 16.0 Å². The van der Waals surface area contributed by atoms with Gasteiger partial charge in [-0.2, -0.15) is 0 Å². The van der Waals surface area contributed by atoms with Gasteiger partial charge in [0.15, 0.2) is 0 Å². The second kappa shape index (κ2) is 8.79. The molecule has 0 saturated heterocycles. The van der Waals surface area contributed by atoms with Crippen LogP contribution in [0, 0.1) is 0 Å². The largest absolute Gasteiger partial charge is 0.481 e. The molecular formula is C16H21NO4. The van der Waals surface area contributed by atoms with E-state index in [1.807, 2.05) is 31.3 Å². The Bertz CT molecular complexity index is 589. The van der Waals surface area contributed by atoms with Gasteiger partial charge < -0.3 is 15.2 Å². The van der Waals surface area contributed by atoms with Crippen molar-refractivity contribution in [3.63, 3.8) is 0 Å². The van der Waals surface area contributed by atoms with Crippen molar-refractivity contribution in [2.45, 2.75) is 39.0 Å². The number of benzene rings is 1. The van der Waals surface area contributed by atoms with Crippen LogP contribution in [0.25, 0.3) is 10.9 Å². The van der Waals surface area contributed by atoms with E-state index in [1.165, 1.54) is 10.9 Å². The average Bonchev–Trinajstić information content (AvgIpc) is 2.83. The Labute approximate surface area is 123 Å². The fraction of sp³-hybridized carbons (Fsp3) is 0.375. The molecule has 0 unspecified atom stereocenters. The van der Waals surface area contributed by atoms with Crippen LogP contribution < -0.4 is 0 Å². The summed E-state index contributed by atoms with van der Waals surface area (Å²) in [6.07, 6.45) is 4.73. The minimum atomic E-state index is -0.727. The lowest BCUT2D eigenvalue weighted by atomic mass is 10.1. The summed E-state index contributed by atoms with van der Waals surface area (Å²) in [5, 5.41) is 17.7. The van der Waals surface area contributed by atoms with E-state index < -0.39 is 11.9 Å². The summed E-state index contributed by atoms with van der Waals surface area (Å²) in [5.74, 6) is -1.44. The first-order chi connectivity index (χ1) is 10.0. The van der Waals surface area contributed by atoms with E-state index in [1.54, 1.807) is 0 Å². The smallest absolute Gasteiger partial charge is 0.303 e. The third kappa shape index (κ3) is 6.12. The average molecular weight is 291 g/mol.